The molecule has 0 radical (unpaired) electrons. The van der Waals surface area contributed by atoms with Crippen molar-refractivity contribution in [1.29, 1.82) is 0 Å². The van der Waals surface area contributed by atoms with Crippen LogP contribution in [0.5, 0.6) is 0 Å². The number of hydrogen-bond acceptors (Lipinski definition) is 4. The number of nitrogens with two attached hydrogens (primary N) is 1. The number of benzene rings is 1. The van der Waals surface area contributed by atoms with E-state index in [0.29, 0.717) is 5.56 Å². The smallest absolute Gasteiger partial charge is 0.238 e. The van der Waals surface area contributed by atoms with Gasteiger partial charge in [-0.25, -0.2) is 13.6 Å². The van der Waals surface area contributed by atoms with Gasteiger partial charge in [0.15, 0.2) is 0 Å². The molecule has 2 atom stereocenters. The van der Waals surface area contributed by atoms with Crippen molar-refractivity contribution in [3.8, 4) is 0 Å². The van der Waals surface area contributed by atoms with Crippen LogP contribution in [0.15, 0.2) is 29.2 Å². The lowest BCUT2D eigenvalue weighted by Crippen LogP contribution is -2.20. The van der Waals surface area contributed by atoms with Crippen LogP contribution in [0, 0.1) is 0 Å². The molecule has 90 valence electrons. The van der Waals surface area contributed by atoms with Gasteiger partial charge in [-0.3, -0.25) is 0 Å². The summed E-state index contributed by atoms with van der Waals surface area (Å²) in [6.45, 7) is 0. The summed E-state index contributed by atoms with van der Waals surface area (Å²) < 4.78 is 21.9. The third-order valence-corrected chi connectivity index (χ3v) is 3.32. The van der Waals surface area contributed by atoms with E-state index in [-0.39, 0.29) is 10.8 Å². The number of hydrogen-bond donors (Lipinski definition) is 3. The molecule has 0 aliphatic rings. The van der Waals surface area contributed by atoms with Crippen molar-refractivity contribution < 1.29 is 18.6 Å². The van der Waals surface area contributed by atoms with Crippen molar-refractivity contribution in [2.24, 2.45) is 5.14 Å². The van der Waals surface area contributed by atoms with E-state index in [4.69, 9.17) is 16.7 Å². The van der Waals surface area contributed by atoms with Gasteiger partial charge in [-0.1, -0.05) is 12.1 Å². The maximum absolute atomic E-state index is 10.9. The van der Waals surface area contributed by atoms with E-state index in [9.17, 15) is 18.6 Å². The molecule has 0 amide bonds. The molecule has 1 aromatic carbocycles. The molecule has 1 rings (SSSR count). The molecule has 0 saturated heterocycles. The van der Waals surface area contributed by atoms with Gasteiger partial charge in [0.1, 0.15) is 6.10 Å². The van der Waals surface area contributed by atoms with E-state index in [1.54, 1.807) is 0 Å². The van der Waals surface area contributed by atoms with Crippen LogP contribution in [0.2, 0.25) is 0 Å². The minimum Gasteiger partial charge on any atom is -0.389 e. The monoisotopic (exact) mass is 265 g/mol. The van der Waals surface area contributed by atoms with E-state index in [1.165, 1.54) is 24.3 Å². The number of rotatable bonds is 4. The highest BCUT2D eigenvalue weighted by Crippen LogP contribution is 2.19. The fraction of sp³-hybridized carbons (Fsp3) is 0.333. The van der Waals surface area contributed by atoms with Crippen molar-refractivity contribution >= 4 is 21.6 Å². The normalized spacial score (nSPS) is 15.8. The number of aliphatic hydroxyl groups is 2. The molecular formula is C9H12ClNO4S. The number of alkyl halides is 1. The van der Waals surface area contributed by atoms with Gasteiger partial charge in [0, 0.05) is 0 Å². The molecule has 1 aromatic rings. The Hall–Kier alpha value is -0.660. The highest BCUT2D eigenvalue weighted by Gasteiger charge is 2.17. The van der Waals surface area contributed by atoms with Gasteiger partial charge in [0.05, 0.1) is 16.9 Å². The quantitative estimate of drug-likeness (QED) is 0.666. The van der Waals surface area contributed by atoms with Crippen LogP contribution in [-0.4, -0.2) is 30.6 Å². The average Bonchev–Trinajstić information content (AvgIpc) is 2.26. The fourth-order valence-electron chi connectivity index (χ4n) is 1.16. The Morgan fingerprint density at radius 3 is 2.12 bits per heavy atom. The van der Waals surface area contributed by atoms with Crippen molar-refractivity contribution in [3.63, 3.8) is 0 Å². The van der Waals surface area contributed by atoms with Crippen LogP contribution >= 0.6 is 11.6 Å². The molecule has 0 saturated carbocycles. The summed E-state index contributed by atoms with van der Waals surface area (Å²) in [4.78, 5) is -0.0520. The van der Waals surface area contributed by atoms with Crippen molar-refractivity contribution in [2.75, 3.05) is 5.88 Å². The van der Waals surface area contributed by atoms with E-state index in [2.05, 4.69) is 0 Å². The summed E-state index contributed by atoms with van der Waals surface area (Å²) in [6, 6.07) is 5.27. The summed E-state index contributed by atoms with van der Waals surface area (Å²) in [6.07, 6.45) is -2.24. The molecule has 0 heterocycles. The van der Waals surface area contributed by atoms with Crippen LogP contribution in [0.3, 0.4) is 0 Å². The van der Waals surface area contributed by atoms with Crippen molar-refractivity contribution in [3.05, 3.63) is 29.8 Å². The maximum atomic E-state index is 10.9. The first kappa shape index (κ1) is 13.4. The van der Waals surface area contributed by atoms with Crippen LogP contribution in [0.1, 0.15) is 11.7 Å². The van der Waals surface area contributed by atoms with Gasteiger partial charge in [-0.15, -0.1) is 11.6 Å². The molecule has 4 N–H and O–H groups in total. The summed E-state index contributed by atoms with van der Waals surface area (Å²) in [5.74, 6) is -0.113. The van der Waals surface area contributed by atoms with Crippen LogP contribution in [0.4, 0.5) is 0 Å². The summed E-state index contributed by atoms with van der Waals surface area (Å²) in [5.41, 5.74) is 0.376. The average molecular weight is 266 g/mol. The van der Waals surface area contributed by atoms with Crippen molar-refractivity contribution in [1.82, 2.24) is 0 Å². The standard InChI is InChI=1S/C9H12ClNO4S/c10-5-8(12)9(13)6-1-3-7(4-2-6)16(11,14)15/h1-4,8-9,12-13H,5H2,(H2,11,14,15). The number of aliphatic hydroxyl groups excluding tert-OH is 2. The Labute approximate surface area is 98.5 Å². The zero-order valence-electron chi connectivity index (χ0n) is 8.25. The zero-order chi connectivity index (χ0) is 12.3. The molecule has 2 unspecified atom stereocenters. The second-order valence-corrected chi connectivity index (χ2v) is 5.15. The molecule has 0 fully saturated rings. The fourth-order valence-corrected chi connectivity index (χ4v) is 1.85. The highest BCUT2D eigenvalue weighted by atomic mass is 35.5. The van der Waals surface area contributed by atoms with Gasteiger partial charge in [0.2, 0.25) is 10.0 Å². The Bertz CT molecular complexity index is 445. The zero-order valence-corrected chi connectivity index (χ0v) is 9.82. The Balaban J connectivity index is 2.96. The summed E-state index contributed by atoms with van der Waals surface area (Å²) in [5, 5.41) is 23.8. The highest BCUT2D eigenvalue weighted by molar-refractivity contribution is 7.89. The summed E-state index contributed by atoms with van der Waals surface area (Å²) >= 11 is 5.37. The number of sulfonamides is 1. The molecule has 0 aliphatic heterocycles. The molecular weight excluding hydrogens is 254 g/mol. The first-order chi connectivity index (χ1) is 7.36. The van der Waals surface area contributed by atoms with Gasteiger partial charge in [0.25, 0.3) is 0 Å². The molecule has 0 bridgehead atoms. The van der Waals surface area contributed by atoms with Gasteiger partial charge >= 0.3 is 0 Å². The lowest BCUT2D eigenvalue weighted by molar-refractivity contribution is 0.0327. The number of halogens is 1. The van der Waals surface area contributed by atoms with Crippen LogP contribution in [0.25, 0.3) is 0 Å². The van der Waals surface area contributed by atoms with E-state index >= 15 is 0 Å². The topological polar surface area (TPSA) is 101 Å². The molecule has 5 nitrogen and oxygen atoms in total. The molecule has 0 aliphatic carbocycles. The minimum absolute atomic E-state index is 0.0520. The predicted molar refractivity (Wildman–Crippen MR) is 59.5 cm³/mol. The first-order valence-corrected chi connectivity index (χ1v) is 6.49. The minimum atomic E-state index is -3.74. The number of primary sulfonamides is 1. The third kappa shape index (κ3) is 3.16. The second-order valence-electron chi connectivity index (χ2n) is 3.28. The summed E-state index contributed by atoms with van der Waals surface area (Å²) in [7, 11) is -3.74. The van der Waals surface area contributed by atoms with E-state index in [1.807, 2.05) is 0 Å². The Kier molecular flexibility index (Phi) is 4.28. The molecule has 0 spiro atoms. The van der Waals surface area contributed by atoms with Gasteiger partial charge in [-0.2, -0.15) is 0 Å². The lowest BCUT2D eigenvalue weighted by atomic mass is 10.1. The second kappa shape index (κ2) is 5.11. The molecule has 16 heavy (non-hydrogen) atoms. The van der Waals surface area contributed by atoms with Crippen molar-refractivity contribution in [2.45, 2.75) is 17.1 Å². The first-order valence-electron chi connectivity index (χ1n) is 4.41. The van der Waals surface area contributed by atoms with Gasteiger partial charge in [-0.05, 0) is 17.7 Å². The third-order valence-electron chi connectivity index (χ3n) is 2.07. The largest absolute Gasteiger partial charge is 0.389 e. The van der Waals surface area contributed by atoms with Crippen LogP contribution < -0.4 is 5.14 Å². The maximum Gasteiger partial charge on any atom is 0.238 e. The Morgan fingerprint density at radius 1 is 1.25 bits per heavy atom. The Morgan fingerprint density at radius 2 is 1.75 bits per heavy atom. The lowest BCUT2D eigenvalue weighted by Gasteiger charge is -2.15. The SMILES string of the molecule is NS(=O)(=O)c1ccc(C(O)C(O)CCl)cc1. The van der Waals surface area contributed by atoms with Gasteiger partial charge < -0.3 is 10.2 Å². The predicted octanol–water partition coefficient (Wildman–Crippen LogP) is -0.0329. The molecule has 7 heteroatoms. The van der Waals surface area contributed by atoms with Crippen LogP contribution in [-0.2, 0) is 10.0 Å². The van der Waals surface area contributed by atoms with E-state index in [0.717, 1.165) is 0 Å². The van der Waals surface area contributed by atoms with E-state index < -0.39 is 22.2 Å². The molecule has 0 aromatic heterocycles.